The van der Waals surface area contributed by atoms with E-state index in [1.165, 1.54) is 31.2 Å². The molecule has 0 saturated heterocycles. The lowest BCUT2D eigenvalue weighted by molar-refractivity contribution is 0.666. The van der Waals surface area contributed by atoms with E-state index in [2.05, 4.69) is 29.0 Å². The van der Waals surface area contributed by atoms with Gasteiger partial charge in [-0.15, -0.1) is 0 Å². The second kappa shape index (κ2) is 6.90. The van der Waals surface area contributed by atoms with Crippen LogP contribution in [0.2, 0.25) is 0 Å². The highest BCUT2D eigenvalue weighted by Crippen LogP contribution is 2.16. The number of hydrogen-bond donors (Lipinski definition) is 0. The van der Waals surface area contributed by atoms with E-state index >= 15 is 0 Å². The maximum Gasteiger partial charge on any atom is 0.0717 e. The minimum Gasteiger partial charge on any atom is -0.264 e. The van der Waals surface area contributed by atoms with Gasteiger partial charge in [0.1, 0.15) is 0 Å². The molecule has 0 bridgehead atoms. The highest BCUT2D eigenvalue weighted by atomic mass is 14.7. The van der Waals surface area contributed by atoms with Crippen LogP contribution < -0.4 is 0 Å². The van der Waals surface area contributed by atoms with Crippen molar-refractivity contribution in [2.45, 2.75) is 39.0 Å². The molecule has 2 nitrogen and oxygen atoms in total. The van der Waals surface area contributed by atoms with E-state index in [9.17, 15) is 0 Å². The Morgan fingerprint density at radius 2 is 1.94 bits per heavy atom. The number of aryl methyl sites for hydroxylation is 1. The fourth-order valence-electron chi connectivity index (χ4n) is 2.01. The predicted molar refractivity (Wildman–Crippen MR) is 75.3 cm³/mol. The van der Waals surface area contributed by atoms with Gasteiger partial charge in [-0.25, -0.2) is 0 Å². The molecule has 0 radical (unpaired) electrons. The summed E-state index contributed by atoms with van der Waals surface area (Å²) in [6.07, 6.45) is 12.0. The zero-order chi connectivity index (χ0) is 12.6. The lowest BCUT2D eigenvalue weighted by atomic mass is 10.1. The number of unbranched alkanes of at least 4 members (excludes halogenated alkanes) is 3. The third kappa shape index (κ3) is 3.66. The summed E-state index contributed by atoms with van der Waals surface area (Å²) in [4.78, 5) is 8.62. The quantitative estimate of drug-likeness (QED) is 0.705. The van der Waals surface area contributed by atoms with Gasteiger partial charge in [0.25, 0.3) is 0 Å². The minimum atomic E-state index is 1.00. The molecular formula is C16H20N2. The van der Waals surface area contributed by atoms with Crippen LogP contribution in [0.1, 0.15) is 38.2 Å². The Morgan fingerprint density at radius 1 is 1.00 bits per heavy atom. The van der Waals surface area contributed by atoms with Gasteiger partial charge in [0.05, 0.1) is 5.69 Å². The first-order valence-electron chi connectivity index (χ1n) is 6.75. The summed E-state index contributed by atoms with van der Waals surface area (Å²) in [6.45, 7) is 2.24. The molecule has 2 heterocycles. The van der Waals surface area contributed by atoms with Gasteiger partial charge in [-0.05, 0) is 36.6 Å². The molecule has 2 rings (SSSR count). The Morgan fingerprint density at radius 3 is 2.61 bits per heavy atom. The average molecular weight is 240 g/mol. The molecule has 0 saturated carbocycles. The summed E-state index contributed by atoms with van der Waals surface area (Å²) in [5.41, 5.74) is 3.41. The van der Waals surface area contributed by atoms with Crippen LogP contribution >= 0.6 is 0 Å². The topological polar surface area (TPSA) is 25.8 Å². The molecule has 0 unspecified atom stereocenters. The van der Waals surface area contributed by atoms with Crippen LogP contribution in [0.15, 0.2) is 42.9 Å². The molecule has 2 aromatic heterocycles. The summed E-state index contributed by atoms with van der Waals surface area (Å²) in [5.74, 6) is 0. The maximum atomic E-state index is 4.51. The molecule has 0 N–H and O–H groups in total. The van der Waals surface area contributed by atoms with E-state index in [1.807, 2.05) is 24.5 Å². The molecule has 0 fully saturated rings. The summed E-state index contributed by atoms with van der Waals surface area (Å²) < 4.78 is 0. The van der Waals surface area contributed by atoms with Crippen LogP contribution in [0.3, 0.4) is 0 Å². The lowest BCUT2D eigenvalue weighted by Gasteiger charge is -2.03. The summed E-state index contributed by atoms with van der Waals surface area (Å²) >= 11 is 0. The van der Waals surface area contributed by atoms with Crippen molar-refractivity contribution < 1.29 is 0 Å². The van der Waals surface area contributed by atoms with Crippen LogP contribution in [0, 0.1) is 0 Å². The molecule has 2 heteroatoms. The molecule has 0 aromatic carbocycles. The van der Waals surface area contributed by atoms with Crippen molar-refractivity contribution >= 4 is 0 Å². The molecule has 2 aromatic rings. The third-order valence-corrected chi connectivity index (χ3v) is 3.10. The van der Waals surface area contributed by atoms with Gasteiger partial charge < -0.3 is 0 Å². The van der Waals surface area contributed by atoms with Crippen molar-refractivity contribution in [2.75, 3.05) is 0 Å². The summed E-state index contributed by atoms with van der Waals surface area (Å²) in [5, 5.41) is 0. The zero-order valence-corrected chi connectivity index (χ0v) is 11.0. The first-order valence-corrected chi connectivity index (χ1v) is 6.75. The van der Waals surface area contributed by atoms with Crippen molar-refractivity contribution in [3.63, 3.8) is 0 Å². The molecular weight excluding hydrogens is 220 g/mol. The van der Waals surface area contributed by atoms with Crippen LogP contribution in [0.25, 0.3) is 11.3 Å². The third-order valence-electron chi connectivity index (χ3n) is 3.10. The molecule has 0 aliphatic heterocycles. The second-order valence-electron chi connectivity index (χ2n) is 4.60. The Labute approximate surface area is 109 Å². The van der Waals surface area contributed by atoms with Crippen LogP contribution in [-0.2, 0) is 6.42 Å². The van der Waals surface area contributed by atoms with Crippen molar-refractivity contribution in [3.05, 3.63) is 48.4 Å². The van der Waals surface area contributed by atoms with Crippen molar-refractivity contribution in [1.29, 1.82) is 0 Å². The first-order chi connectivity index (χ1) is 8.90. The van der Waals surface area contributed by atoms with E-state index < -0.39 is 0 Å². The van der Waals surface area contributed by atoms with Gasteiger partial charge in [-0.2, -0.15) is 0 Å². The van der Waals surface area contributed by atoms with Gasteiger partial charge in [-0.3, -0.25) is 9.97 Å². The van der Waals surface area contributed by atoms with Gasteiger partial charge in [0.2, 0.25) is 0 Å². The number of hydrogen-bond acceptors (Lipinski definition) is 2. The van der Waals surface area contributed by atoms with Crippen molar-refractivity contribution in [3.8, 4) is 11.3 Å². The normalized spacial score (nSPS) is 10.5. The maximum absolute atomic E-state index is 4.51. The number of aromatic nitrogens is 2. The molecule has 0 atom stereocenters. The van der Waals surface area contributed by atoms with Crippen LogP contribution in [0.5, 0.6) is 0 Å². The van der Waals surface area contributed by atoms with Crippen molar-refractivity contribution in [1.82, 2.24) is 9.97 Å². The average Bonchev–Trinajstić information content (AvgIpc) is 2.45. The summed E-state index contributed by atoms with van der Waals surface area (Å²) in [7, 11) is 0. The Kier molecular flexibility index (Phi) is 4.88. The monoisotopic (exact) mass is 240 g/mol. The second-order valence-corrected chi connectivity index (χ2v) is 4.60. The molecule has 18 heavy (non-hydrogen) atoms. The standard InChI is InChI=1S/C16H20N2/c1-2-3-4-5-7-14-9-10-16(18-12-14)15-8-6-11-17-13-15/h6,8-13H,2-5,7H2,1H3. The SMILES string of the molecule is CCCCCCc1ccc(-c2cccnc2)nc1. The van der Waals surface area contributed by atoms with Crippen LogP contribution in [-0.4, -0.2) is 9.97 Å². The molecule has 94 valence electrons. The van der Waals surface area contributed by atoms with E-state index in [4.69, 9.17) is 0 Å². The lowest BCUT2D eigenvalue weighted by Crippen LogP contribution is -1.89. The molecule has 0 aliphatic carbocycles. The minimum absolute atomic E-state index is 1.00. The van der Waals surface area contributed by atoms with E-state index in [1.54, 1.807) is 6.20 Å². The van der Waals surface area contributed by atoms with E-state index in [0.717, 1.165) is 17.7 Å². The Hall–Kier alpha value is -1.70. The number of nitrogens with zero attached hydrogens (tertiary/aromatic N) is 2. The smallest absolute Gasteiger partial charge is 0.0717 e. The van der Waals surface area contributed by atoms with E-state index in [0.29, 0.717) is 0 Å². The Balaban J connectivity index is 1.94. The van der Waals surface area contributed by atoms with Gasteiger partial charge in [0.15, 0.2) is 0 Å². The molecule has 0 amide bonds. The molecule has 0 spiro atoms. The number of rotatable bonds is 6. The summed E-state index contributed by atoms with van der Waals surface area (Å²) in [6, 6.07) is 8.25. The van der Waals surface area contributed by atoms with Crippen LogP contribution in [0.4, 0.5) is 0 Å². The fourth-order valence-corrected chi connectivity index (χ4v) is 2.01. The predicted octanol–water partition coefficient (Wildman–Crippen LogP) is 4.27. The van der Waals surface area contributed by atoms with Gasteiger partial charge >= 0.3 is 0 Å². The van der Waals surface area contributed by atoms with Gasteiger partial charge in [-0.1, -0.05) is 32.3 Å². The fraction of sp³-hybridized carbons (Fsp3) is 0.375. The van der Waals surface area contributed by atoms with Gasteiger partial charge in [0, 0.05) is 24.2 Å². The highest BCUT2D eigenvalue weighted by Gasteiger charge is 1.99. The zero-order valence-electron chi connectivity index (χ0n) is 11.0. The Bertz CT molecular complexity index is 448. The largest absolute Gasteiger partial charge is 0.264 e. The molecule has 0 aliphatic rings. The highest BCUT2D eigenvalue weighted by molar-refractivity contribution is 5.57. The van der Waals surface area contributed by atoms with E-state index in [-0.39, 0.29) is 0 Å². The first kappa shape index (κ1) is 12.7. The van der Waals surface area contributed by atoms with Crippen molar-refractivity contribution in [2.24, 2.45) is 0 Å². The number of pyridine rings is 2.